The van der Waals surface area contributed by atoms with Crippen LogP contribution in [0.15, 0.2) is 58.2 Å². The Kier molecular flexibility index (Phi) is 4.57. The minimum absolute atomic E-state index is 0.0168. The highest BCUT2D eigenvalue weighted by atomic mass is 32.2. The van der Waals surface area contributed by atoms with Crippen molar-refractivity contribution in [3.05, 3.63) is 54.1 Å². The molecule has 1 heterocycles. The lowest BCUT2D eigenvalue weighted by molar-refractivity contribution is -0.0498. The fourth-order valence-electron chi connectivity index (χ4n) is 1.95. The Morgan fingerprint density at radius 3 is 2.61 bits per heavy atom. The highest BCUT2D eigenvalue weighted by molar-refractivity contribution is 7.99. The fraction of sp³-hybridized carbons (Fsp3) is 0.125. The van der Waals surface area contributed by atoms with Gasteiger partial charge in [0.25, 0.3) is 5.22 Å². The minimum Gasteiger partial charge on any atom is -0.435 e. The number of para-hydroxylation sites is 2. The van der Waals surface area contributed by atoms with Gasteiger partial charge in [-0.2, -0.15) is 8.78 Å². The van der Waals surface area contributed by atoms with Crippen LogP contribution in [0.2, 0.25) is 0 Å². The summed E-state index contributed by atoms with van der Waals surface area (Å²) in [4.78, 5) is 16.4. The van der Waals surface area contributed by atoms with Crippen LogP contribution in [0.25, 0.3) is 11.1 Å². The van der Waals surface area contributed by atoms with Gasteiger partial charge in [0.15, 0.2) is 11.4 Å². The average molecular weight is 335 g/mol. The monoisotopic (exact) mass is 335 g/mol. The lowest BCUT2D eigenvalue weighted by Crippen LogP contribution is -2.04. The van der Waals surface area contributed by atoms with Crippen LogP contribution >= 0.6 is 11.8 Å². The molecular weight excluding hydrogens is 324 g/mol. The van der Waals surface area contributed by atoms with E-state index in [0.29, 0.717) is 16.4 Å². The molecule has 3 rings (SSSR count). The van der Waals surface area contributed by atoms with E-state index in [0.717, 1.165) is 5.52 Å². The van der Waals surface area contributed by atoms with Gasteiger partial charge in [-0.15, -0.1) is 0 Å². The summed E-state index contributed by atoms with van der Waals surface area (Å²) in [6.07, 6.45) is 0. The van der Waals surface area contributed by atoms with E-state index in [4.69, 9.17) is 4.42 Å². The van der Waals surface area contributed by atoms with Crippen molar-refractivity contribution >= 4 is 28.6 Å². The second-order valence-electron chi connectivity index (χ2n) is 4.56. The van der Waals surface area contributed by atoms with Gasteiger partial charge in [0.1, 0.15) is 11.3 Å². The molecule has 23 heavy (non-hydrogen) atoms. The maximum atomic E-state index is 12.1. The first-order chi connectivity index (χ1) is 11.1. The molecule has 0 radical (unpaired) electrons. The van der Waals surface area contributed by atoms with Gasteiger partial charge in [-0.3, -0.25) is 4.79 Å². The quantitative estimate of drug-likeness (QED) is 0.493. The number of fused-ring (bicyclic) bond motifs is 1. The molecule has 118 valence electrons. The second kappa shape index (κ2) is 6.78. The Morgan fingerprint density at radius 2 is 1.91 bits per heavy atom. The van der Waals surface area contributed by atoms with Crippen molar-refractivity contribution in [1.29, 1.82) is 0 Å². The normalized spacial score (nSPS) is 11.1. The van der Waals surface area contributed by atoms with E-state index in [1.165, 1.54) is 36.0 Å². The summed E-state index contributed by atoms with van der Waals surface area (Å²) < 4.78 is 33.9. The average Bonchev–Trinajstić information content (AvgIpc) is 2.95. The number of oxazole rings is 1. The Hall–Kier alpha value is -2.41. The van der Waals surface area contributed by atoms with Crippen molar-refractivity contribution < 1.29 is 22.7 Å². The molecule has 1 aromatic heterocycles. The van der Waals surface area contributed by atoms with Crippen LogP contribution in [-0.2, 0) is 0 Å². The van der Waals surface area contributed by atoms with Crippen LogP contribution < -0.4 is 4.74 Å². The summed E-state index contributed by atoms with van der Waals surface area (Å²) in [5.41, 5.74) is 1.81. The van der Waals surface area contributed by atoms with Crippen LogP contribution in [0.4, 0.5) is 8.78 Å². The molecule has 0 atom stereocenters. The van der Waals surface area contributed by atoms with E-state index in [-0.39, 0.29) is 17.3 Å². The van der Waals surface area contributed by atoms with E-state index < -0.39 is 6.61 Å². The lowest BCUT2D eigenvalue weighted by atomic mass is 10.1. The highest BCUT2D eigenvalue weighted by Crippen LogP contribution is 2.24. The van der Waals surface area contributed by atoms with Crippen LogP contribution in [0.3, 0.4) is 0 Å². The zero-order valence-corrected chi connectivity index (χ0v) is 12.6. The van der Waals surface area contributed by atoms with Gasteiger partial charge in [-0.25, -0.2) is 4.98 Å². The summed E-state index contributed by atoms with van der Waals surface area (Å²) in [5, 5.41) is 0.414. The van der Waals surface area contributed by atoms with E-state index >= 15 is 0 Å². The number of Topliss-reactive ketones (excluding diaryl/α,β-unsaturated/α-hetero) is 1. The summed E-state index contributed by atoms with van der Waals surface area (Å²) in [6.45, 7) is -2.88. The number of alkyl halides is 2. The molecule has 0 saturated carbocycles. The Labute approximate surface area is 134 Å². The third-order valence-corrected chi connectivity index (χ3v) is 3.83. The van der Waals surface area contributed by atoms with Crippen molar-refractivity contribution in [3.8, 4) is 5.75 Å². The number of carbonyl (C=O) groups excluding carboxylic acids is 1. The van der Waals surface area contributed by atoms with Crippen LogP contribution in [0, 0.1) is 0 Å². The summed E-state index contributed by atoms with van der Waals surface area (Å²) in [7, 11) is 0. The van der Waals surface area contributed by atoms with Gasteiger partial charge in [0.05, 0.1) is 5.75 Å². The molecule has 0 unspecified atom stereocenters. The number of halogens is 2. The second-order valence-corrected chi connectivity index (χ2v) is 5.49. The number of hydrogen-bond acceptors (Lipinski definition) is 5. The molecule has 0 aliphatic carbocycles. The predicted octanol–water partition coefficient (Wildman–Crippen LogP) is 4.40. The van der Waals surface area contributed by atoms with Crippen LogP contribution in [0.1, 0.15) is 10.4 Å². The summed E-state index contributed by atoms with van der Waals surface area (Å²) >= 11 is 1.19. The van der Waals surface area contributed by atoms with E-state index in [2.05, 4.69) is 9.72 Å². The zero-order valence-electron chi connectivity index (χ0n) is 11.7. The number of nitrogens with zero attached hydrogens (tertiary/aromatic N) is 1. The van der Waals surface area contributed by atoms with Gasteiger partial charge in [-0.1, -0.05) is 23.9 Å². The molecule has 0 N–H and O–H groups in total. The molecule has 0 aliphatic heterocycles. The van der Waals surface area contributed by atoms with Gasteiger partial charge < -0.3 is 9.15 Å². The number of aromatic nitrogens is 1. The van der Waals surface area contributed by atoms with Crippen LogP contribution in [-0.4, -0.2) is 23.1 Å². The molecule has 0 saturated heterocycles. The SMILES string of the molecule is O=C(CSc1nc2ccccc2o1)c1ccc(OC(F)F)cc1. The standard InChI is InChI=1S/C16H11F2NO3S/c17-15(18)21-11-7-5-10(6-8-11)13(20)9-23-16-19-12-3-1-2-4-14(12)22-16/h1-8,15H,9H2. The molecule has 2 aromatic carbocycles. The molecule has 3 aromatic rings. The fourth-order valence-corrected chi connectivity index (χ4v) is 2.68. The number of hydrogen-bond donors (Lipinski definition) is 0. The van der Waals surface area contributed by atoms with Crippen molar-refractivity contribution in [1.82, 2.24) is 4.98 Å². The van der Waals surface area contributed by atoms with Gasteiger partial charge in [0, 0.05) is 5.56 Å². The first-order valence-corrected chi connectivity index (χ1v) is 7.67. The molecule has 0 bridgehead atoms. The number of carbonyl (C=O) groups is 1. The summed E-state index contributed by atoms with van der Waals surface area (Å²) in [5.74, 6) is 0.00557. The van der Waals surface area contributed by atoms with Crippen molar-refractivity contribution in [2.45, 2.75) is 11.8 Å². The van der Waals surface area contributed by atoms with Gasteiger partial charge >= 0.3 is 6.61 Å². The number of rotatable bonds is 6. The Bertz CT molecular complexity index is 785. The molecule has 0 amide bonds. The third-order valence-electron chi connectivity index (χ3n) is 3.00. The minimum atomic E-state index is -2.88. The van der Waals surface area contributed by atoms with E-state index in [9.17, 15) is 13.6 Å². The molecule has 0 spiro atoms. The number of benzene rings is 2. The first-order valence-electron chi connectivity index (χ1n) is 6.68. The number of ether oxygens (including phenoxy) is 1. The van der Waals surface area contributed by atoms with Crippen molar-refractivity contribution in [2.24, 2.45) is 0 Å². The molecule has 7 heteroatoms. The predicted molar refractivity (Wildman–Crippen MR) is 82.1 cm³/mol. The third kappa shape index (κ3) is 3.87. The van der Waals surface area contributed by atoms with Crippen molar-refractivity contribution in [3.63, 3.8) is 0 Å². The zero-order chi connectivity index (χ0) is 16.2. The van der Waals surface area contributed by atoms with Crippen molar-refractivity contribution in [2.75, 3.05) is 5.75 Å². The molecule has 4 nitrogen and oxygen atoms in total. The molecular formula is C16H11F2NO3S. The largest absolute Gasteiger partial charge is 0.435 e. The highest BCUT2D eigenvalue weighted by Gasteiger charge is 2.11. The van der Waals surface area contributed by atoms with E-state index in [1.807, 2.05) is 18.2 Å². The molecule has 0 aliphatic rings. The van der Waals surface area contributed by atoms with Gasteiger partial charge in [-0.05, 0) is 36.4 Å². The molecule has 0 fully saturated rings. The summed E-state index contributed by atoms with van der Waals surface area (Å²) in [6, 6.07) is 12.9. The first kappa shape index (κ1) is 15.5. The topological polar surface area (TPSA) is 52.3 Å². The number of ketones is 1. The maximum Gasteiger partial charge on any atom is 0.387 e. The Morgan fingerprint density at radius 1 is 1.17 bits per heavy atom. The lowest BCUT2D eigenvalue weighted by Gasteiger charge is -2.04. The van der Waals surface area contributed by atoms with Gasteiger partial charge in [0.2, 0.25) is 0 Å². The van der Waals surface area contributed by atoms with E-state index in [1.54, 1.807) is 6.07 Å². The van der Waals surface area contributed by atoms with Crippen LogP contribution in [0.5, 0.6) is 5.75 Å². The number of thioether (sulfide) groups is 1. The maximum absolute atomic E-state index is 12.1. The Balaban J connectivity index is 1.62. The smallest absolute Gasteiger partial charge is 0.387 e.